The molecule has 0 aromatic heterocycles. The number of carbonyl (C=O) groups is 2. The van der Waals surface area contributed by atoms with Crippen LogP contribution in [-0.2, 0) is 9.59 Å². The van der Waals surface area contributed by atoms with Crippen molar-refractivity contribution in [3.05, 3.63) is 45.0 Å². The van der Waals surface area contributed by atoms with Gasteiger partial charge in [-0.25, -0.2) is 0 Å². The van der Waals surface area contributed by atoms with Gasteiger partial charge in [-0.1, -0.05) is 17.7 Å². The lowest BCUT2D eigenvalue weighted by atomic mass is 10.0. The Morgan fingerprint density at radius 3 is 2.53 bits per heavy atom. The molecule has 2 amide bonds. The SMILES string of the molecule is O=C1C=C(c2c(Cl)cccc2[N+](=O)[O-])C(=O)N1. The predicted octanol–water partition coefficient (Wildman–Crippen LogP) is 1.29. The summed E-state index contributed by atoms with van der Waals surface area (Å²) in [5.41, 5.74) is -0.441. The van der Waals surface area contributed by atoms with Crippen LogP contribution in [-0.4, -0.2) is 16.7 Å². The van der Waals surface area contributed by atoms with Gasteiger partial charge in [0.15, 0.2) is 0 Å². The van der Waals surface area contributed by atoms with Crippen molar-refractivity contribution in [1.82, 2.24) is 5.32 Å². The number of imide groups is 1. The van der Waals surface area contributed by atoms with Crippen molar-refractivity contribution in [1.29, 1.82) is 0 Å². The summed E-state index contributed by atoms with van der Waals surface area (Å²) in [5.74, 6) is -1.30. The van der Waals surface area contributed by atoms with Crippen molar-refractivity contribution < 1.29 is 14.5 Å². The van der Waals surface area contributed by atoms with Crippen LogP contribution in [0.2, 0.25) is 5.02 Å². The minimum Gasteiger partial charge on any atom is -0.289 e. The predicted molar refractivity (Wildman–Crippen MR) is 59.2 cm³/mol. The van der Waals surface area contributed by atoms with Crippen LogP contribution in [0.4, 0.5) is 5.69 Å². The van der Waals surface area contributed by atoms with E-state index < -0.39 is 16.7 Å². The van der Waals surface area contributed by atoms with E-state index >= 15 is 0 Å². The first-order valence-corrected chi connectivity index (χ1v) is 4.89. The van der Waals surface area contributed by atoms with E-state index in [1.165, 1.54) is 18.2 Å². The molecule has 1 aliphatic rings. The van der Waals surface area contributed by atoms with E-state index in [4.69, 9.17) is 11.6 Å². The molecule has 0 spiro atoms. The Bertz CT molecular complexity index is 580. The van der Waals surface area contributed by atoms with Crippen molar-refractivity contribution in [2.75, 3.05) is 0 Å². The number of rotatable bonds is 2. The third kappa shape index (κ3) is 1.90. The second-order valence-corrected chi connectivity index (χ2v) is 3.67. The highest BCUT2D eigenvalue weighted by Gasteiger charge is 2.29. The van der Waals surface area contributed by atoms with Crippen LogP contribution in [0.15, 0.2) is 24.3 Å². The maximum Gasteiger partial charge on any atom is 0.278 e. The molecule has 1 aliphatic heterocycles. The minimum atomic E-state index is -0.689. The van der Waals surface area contributed by atoms with Gasteiger partial charge >= 0.3 is 0 Å². The molecule has 6 nitrogen and oxygen atoms in total. The molecule has 0 aliphatic carbocycles. The van der Waals surface area contributed by atoms with E-state index in [0.29, 0.717) is 0 Å². The van der Waals surface area contributed by atoms with Crippen LogP contribution in [0.25, 0.3) is 5.57 Å². The van der Waals surface area contributed by atoms with Crippen molar-refractivity contribution in [3.63, 3.8) is 0 Å². The molecular formula is C10H5ClN2O4. The third-order valence-corrected chi connectivity index (χ3v) is 2.53. The molecule has 0 bridgehead atoms. The maximum atomic E-state index is 11.4. The van der Waals surface area contributed by atoms with Crippen molar-refractivity contribution in [2.45, 2.75) is 0 Å². The highest BCUT2D eigenvalue weighted by atomic mass is 35.5. The molecule has 0 atom stereocenters. The Balaban J connectivity index is 2.67. The summed E-state index contributed by atoms with van der Waals surface area (Å²) in [7, 11) is 0. The zero-order chi connectivity index (χ0) is 12.6. The van der Waals surface area contributed by atoms with Gasteiger partial charge in [-0.2, -0.15) is 0 Å². The topological polar surface area (TPSA) is 89.3 Å². The van der Waals surface area contributed by atoms with E-state index in [-0.39, 0.29) is 21.8 Å². The van der Waals surface area contributed by atoms with E-state index in [9.17, 15) is 19.7 Å². The number of nitrogens with zero attached hydrogens (tertiary/aromatic N) is 1. The smallest absolute Gasteiger partial charge is 0.278 e. The van der Waals surface area contributed by atoms with Gasteiger partial charge in [0.1, 0.15) is 0 Å². The summed E-state index contributed by atoms with van der Waals surface area (Å²) < 4.78 is 0. The molecule has 0 saturated heterocycles. The van der Waals surface area contributed by atoms with Crippen LogP contribution in [0, 0.1) is 10.1 Å². The van der Waals surface area contributed by atoms with Gasteiger partial charge < -0.3 is 0 Å². The Morgan fingerprint density at radius 1 is 1.29 bits per heavy atom. The number of hydrogen-bond donors (Lipinski definition) is 1. The molecule has 17 heavy (non-hydrogen) atoms. The second kappa shape index (κ2) is 3.99. The van der Waals surface area contributed by atoms with Gasteiger partial charge in [-0.15, -0.1) is 0 Å². The zero-order valence-corrected chi connectivity index (χ0v) is 9.02. The van der Waals surface area contributed by atoms with Crippen LogP contribution >= 0.6 is 11.6 Å². The number of nitro groups is 1. The lowest BCUT2D eigenvalue weighted by Crippen LogP contribution is -2.22. The van der Waals surface area contributed by atoms with Gasteiger partial charge in [0, 0.05) is 12.1 Å². The van der Waals surface area contributed by atoms with Gasteiger partial charge in [-0.3, -0.25) is 25.0 Å². The van der Waals surface area contributed by atoms with Gasteiger partial charge in [0.2, 0.25) is 0 Å². The summed E-state index contributed by atoms with van der Waals surface area (Å²) in [4.78, 5) is 32.6. The number of nitro benzene ring substituents is 1. The molecule has 1 aromatic carbocycles. The largest absolute Gasteiger partial charge is 0.289 e. The fourth-order valence-electron chi connectivity index (χ4n) is 1.53. The average Bonchev–Trinajstić information content (AvgIpc) is 2.57. The van der Waals surface area contributed by atoms with Crippen molar-refractivity contribution in [3.8, 4) is 0 Å². The first-order valence-electron chi connectivity index (χ1n) is 4.51. The standard InChI is InChI=1S/C10H5ClN2O4/c11-6-2-1-3-7(13(16)17)9(6)5-4-8(14)12-10(5)15/h1-4H,(H,12,14,15). The molecule has 0 radical (unpaired) electrons. The first-order chi connectivity index (χ1) is 8.00. The molecule has 0 fully saturated rings. The summed E-state index contributed by atoms with van der Waals surface area (Å²) in [5, 5.41) is 12.9. The van der Waals surface area contributed by atoms with Crippen LogP contribution in [0.1, 0.15) is 5.56 Å². The third-order valence-electron chi connectivity index (χ3n) is 2.21. The zero-order valence-electron chi connectivity index (χ0n) is 8.27. The maximum absolute atomic E-state index is 11.4. The molecule has 0 unspecified atom stereocenters. The lowest BCUT2D eigenvalue weighted by molar-refractivity contribution is -0.385. The molecular weight excluding hydrogens is 248 g/mol. The fourth-order valence-corrected chi connectivity index (χ4v) is 1.80. The van der Waals surface area contributed by atoms with Crippen LogP contribution in [0.3, 0.4) is 0 Å². The molecule has 1 heterocycles. The molecule has 7 heteroatoms. The van der Waals surface area contributed by atoms with Crippen LogP contribution < -0.4 is 5.32 Å². The quantitative estimate of drug-likeness (QED) is 0.488. The Hall–Kier alpha value is -2.21. The number of carbonyl (C=O) groups excluding carboxylic acids is 2. The summed E-state index contributed by atoms with van der Waals surface area (Å²) >= 11 is 5.83. The number of halogens is 1. The van der Waals surface area contributed by atoms with Crippen molar-refractivity contribution >= 4 is 34.7 Å². The van der Waals surface area contributed by atoms with E-state index in [0.717, 1.165) is 6.08 Å². The van der Waals surface area contributed by atoms with E-state index in [1.807, 2.05) is 5.32 Å². The van der Waals surface area contributed by atoms with Gasteiger partial charge in [0.05, 0.1) is 21.1 Å². The molecule has 0 saturated carbocycles. The number of nitrogens with one attached hydrogen (secondary N) is 1. The minimum absolute atomic E-state index is 0.0393. The van der Waals surface area contributed by atoms with Crippen molar-refractivity contribution in [2.24, 2.45) is 0 Å². The number of amides is 2. The first kappa shape index (κ1) is 11.3. The summed E-state index contributed by atoms with van der Waals surface area (Å²) in [6.45, 7) is 0. The van der Waals surface area contributed by atoms with Crippen LogP contribution in [0.5, 0.6) is 0 Å². The normalized spacial score (nSPS) is 14.5. The highest BCUT2D eigenvalue weighted by molar-refractivity contribution is 6.39. The summed E-state index contributed by atoms with van der Waals surface area (Å²) in [6, 6.07) is 4.04. The average molecular weight is 253 g/mol. The van der Waals surface area contributed by atoms with Gasteiger partial charge in [0.25, 0.3) is 17.5 Å². The highest BCUT2D eigenvalue weighted by Crippen LogP contribution is 2.33. The van der Waals surface area contributed by atoms with Gasteiger partial charge in [-0.05, 0) is 6.07 Å². The Kier molecular flexibility index (Phi) is 2.64. The number of hydrogen-bond acceptors (Lipinski definition) is 4. The monoisotopic (exact) mass is 252 g/mol. The Morgan fingerprint density at radius 2 is 2.00 bits per heavy atom. The fraction of sp³-hybridized carbons (Fsp3) is 0. The molecule has 1 N–H and O–H groups in total. The molecule has 2 rings (SSSR count). The Labute approximate surface area is 100 Å². The molecule has 86 valence electrons. The summed E-state index contributed by atoms with van der Waals surface area (Å²) in [6.07, 6.45) is 0.997. The van der Waals surface area contributed by atoms with E-state index in [2.05, 4.69) is 0 Å². The van der Waals surface area contributed by atoms with E-state index in [1.54, 1.807) is 0 Å². The second-order valence-electron chi connectivity index (χ2n) is 3.27. The number of benzene rings is 1. The molecule has 1 aromatic rings. The lowest BCUT2D eigenvalue weighted by Gasteiger charge is -2.04.